The second-order valence-corrected chi connectivity index (χ2v) is 6.15. The van der Waals surface area contributed by atoms with Gasteiger partial charge in [0.1, 0.15) is 0 Å². The molecule has 1 heterocycles. The minimum Gasteiger partial charge on any atom is -0.344 e. The zero-order valence-electron chi connectivity index (χ0n) is 7.39. The van der Waals surface area contributed by atoms with E-state index < -0.39 is 7.37 Å². The fourth-order valence-corrected chi connectivity index (χ4v) is 3.86. The summed E-state index contributed by atoms with van der Waals surface area (Å²) in [5.41, 5.74) is 1.20. The minimum absolute atomic E-state index is 0.303. The van der Waals surface area contributed by atoms with Crippen molar-refractivity contribution in [1.82, 2.24) is 0 Å². The summed E-state index contributed by atoms with van der Waals surface area (Å²) in [5, 5.41) is 0. The summed E-state index contributed by atoms with van der Waals surface area (Å²) in [5.74, 6) is 0.303. The van der Waals surface area contributed by atoms with E-state index in [1.165, 1.54) is 5.56 Å². The van der Waals surface area contributed by atoms with E-state index in [4.69, 9.17) is 0 Å². The van der Waals surface area contributed by atoms with Crippen LogP contribution >= 0.6 is 7.37 Å². The van der Waals surface area contributed by atoms with E-state index in [0.717, 1.165) is 6.42 Å². The van der Waals surface area contributed by atoms with E-state index in [9.17, 15) is 9.46 Å². The summed E-state index contributed by atoms with van der Waals surface area (Å²) < 4.78 is 11.4. The fourth-order valence-electron chi connectivity index (χ4n) is 1.88. The van der Waals surface area contributed by atoms with E-state index in [2.05, 4.69) is 0 Å². The molecule has 1 aliphatic rings. The predicted octanol–water partition coefficient (Wildman–Crippen LogP) is 2.44. The molecule has 0 aromatic heterocycles. The summed E-state index contributed by atoms with van der Waals surface area (Å²) in [6.07, 6.45) is 1.82. The Bertz CT molecular complexity index is 334. The van der Waals surface area contributed by atoms with Crippen molar-refractivity contribution < 1.29 is 9.46 Å². The van der Waals surface area contributed by atoms with Crippen LogP contribution in [0.3, 0.4) is 0 Å². The average Bonchev–Trinajstić information content (AvgIpc) is 2.48. The maximum Gasteiger partial charge on any atom is 0.201 e. The standard InChI is InChI=1S/C10H13O2P/c11-13(12)7-6-10(8-13)9-4-2-1-3-5-9/h1-5,10H,6-8H2,(H,11,12). The van der Waals surface area contributed by atoms with Crippen LogP contribution in [-0.4, -0.2) is 17.2 Å². The van der Waals surface area contributed by atoms with Crippen LogP contribution in [0.1, 0.15) is 17.9 Å². The van der Waals surface area contributed by atoms with Gasteiger partial charge in [0.2, 0.25) is 7.37 Å². The Morgan fingerprint density at radius 3 is 2.54 bits per heavy atom. The van der Waals surface area contributed by atoms with Gasteiger partial charge in [-0.05, 0) is 17.9 Å². The van der Waals surface area contributed by atoms with Crippen LogP contribution in [0.5, 0.6) is 0 Å². The van der Waals surface area contributed by atoms with Crippen molar-refractivity contribution in [3.8, 4) is 0 Å². The van der Waals surface area contributed by atoms with Crippen molar-refractivity contribution in [2.24, 2.45) is 0 Å². The Balaban J connectivity index is 2.18. The molecule has 13 heavy (non-hydrogen) atoms. The maximum atomic E-state index is 11.4. The van der Waals surface area contributed by atoms with E-state index in [1.807, 2.05) is 30.3 Å². The summed E-state index contributed by atoms with van der Waals surface area (Å²) in [6, 6.07) is 10.0. The van der Waals surface area contributed by atoms with Gasteiger partial charge in [0.25, 0.3) is 0 Å². The lowest BCUT2D eigenvalue weighted by molar-refractivity contribution is 0.484. The van der Waals surface area contributed by atoms with Crippen LogP contribution in [0, 0.1) is 0 Å². The lowest BCUT2D eigenvalue weighted by Gasteiger charge is -2.07. The first-order valence-electron chi connectivity index (χ1n) is 4.53. The first-order valence-corrected chi connectivity index (χ1v) is 6.56. The number of benzene rings is 1. The molecule has 0 spiro atoms. The SMILES string of the molecule is O=P1(O)CCC(c2ccccc2)C1. The van der Waals surface area contributed by atoms with Gasteiger partial charge in [-0.1, -0.05) is 30.3 Å². The van der Waals surface area contributed by atoms with Gasteiger partial charge in [-0.3, -0.25) is 4.57 Å². The van der Waals surface area contributed by atoms with Crippen LogP contribution in [0.15, 0.2) is 30.3 Å². The Morgan fingerprint density at radius 2 is 2.00 bits per heavy atom. The molecule has 0 radical (unpaired) electrons. The smallest absolute Gasteiger partial charge is 0.201 e. The summed E-state index contributed by atoms with van der Waals surface area (Å²) in [4.78, 5) is 9.38. The first-order chi connectivity index (χ1) is 6.17. The molecule has 1 saturated heterocycles. The van der Waals surface area contributed by atoms with Crippen molar-refractivity contribution in [3.05, 3.63) is 35.9 Å². The zero-order valence-corrected chi connectivity index (χ0v) is 8.28. The third kappa shape index (κ3) is 2.01. The van der Waals surface area contributed by atoms with Crippen molar-refractivity contribution in [1.29, 1.82) is 0 Å². The van der Waals surface area contributed by atoms with Crippen molar-refractivity contribution in [2.45, 2.75) is 12.3 Å². The molecule has 2 atom stereocenters. The Labute approximate surface area is 78.1 Å². The van der Waals surface area contributed by atoms with E-state index in [0.29, 0.717) is 18.2 Å². The summed E-state index contributed by atoms with van der Waals surface area (Å²) >= 11 is 0. The molecular formula is C10H13O2P. The van der Waals surface area contributed by atoms with Crippen molar-refractivity contribution in [2.75, 3.05) is 12.3 Å². The van der Waals surface area contributed by atoms with Crippen LogP contribution < -0.4 is 0 Å². The Morgan fingerprint density at radius 1 is 1.31 bits per heavy atom. The van der Waals surface area contributed by atoms with E-state index in [1.54, 1.807) is 0 Å². The predicted molar refractivity (Wildman–Crippen MR) is 53.4 cm³/mol. The average molecular weight is 196 g/mol. The molecule has 0 aliphatic carbocycles. The van der Waals surface area contributed by atoms with Gasteiger partial charge in [-0.25, -0.2) is 0 Å². The molecule has 3 heteroatoms. The van der Waals surface area contributed by atoms with Gasteiger partial charge in [-0.2, -0.15) is 0 Å². The first kappa shape index (κ1) is 8.98. The molecule has 1 aliphatic heterocycles. The van der Waals surface area contributed by atoms with Crippen LogP contribution in [0.25, 0.3) is 0 Å². The lowest BCUT2D eigenvalue weighted by atomic mass is 9.99. The lowest BCUT2D eigenvalue weighted by Crippen LogP contribution is -1.95. The Hall–Kier alpha value is -0.590. The number of rotatable bonds is 1. The fraction of sp³-hybridized carbons (Fsp3) is 0.400. The highest BCUT2D eigenvalue weighted by molar-refractivity contribution is 7.58. The molecule has 1 aromatic carbocycles. The molecule has 0 saturated carbocycles. The van der Waals surface area contributed by atoms with Crippen LogP contribution in [0.4, 0.5) is 0 Å². The van der Waals surface area contributed by atoms with Gasteiger partial charge in [0.05, 0.1) is 0 Å². The van der Waals surface area contributed by atoms with Crippen LogP contribution in [-0.2, 0) is 4.57 Å². The minimum atomic E-state index is -2.76. The number of hydrogen-bond acceptors (Lipinski definition) is 1. The third-order valence-electron chi connectivity index (χ3n) is 2.60. The van der Waals surface area contributed by atoms with Gasteiger partial charge < -0.3 is 4.89 Å². The largest absolute Gasteiger partial charge is 0.344 e. The summed E-state index contributed by atoms with van der Waals surface area (Å²) in [7, 11) is -2.76. The normalized spacial score (nSPS) is 33.5. The van der Waals surface area contributed by atoms with Crippen molar-refractivity contribution >= 4 is 7.37 Å². The van der Waals surface area contributed by atoms with E-state index in [-0.39, 0.29) is 0 Å². The monoisotopic (exact) mass is 196 g/mol. The molecule has 0 amide bonds. The Kier molecular flexibility index (Phi) is 2.27. The second-order valence-electron chi connectivity index (χ2n) is 3.65. The summed E-state index contributed by atoms with van der Waals surface area (Å²) in [6.45, 7) is 0. The van der Waals surface area contributed by atoms with Gasteiger partial charge in [-0.15, -0.1) is 0 Å². The quantitative estimate of drug-likeness (QED) is 0.700. The van der Waals surface area contributed by atoms with E-state index >= 15 is 0 Å². The topological polar surface area (TPSA) is 37.3 Å². The molecule has 1 N–H and O–H groups in total. The van der Waals surface area contributed by atoms with Gasteiger partial charge in [0, 0.05) is 12.3 Å². The third-order valence-corrected chi connectivity index (χ3v) is 4.57. The van der Waals surface area contributed by atoms with Crippen molar-refractivity contribution in [3.63, 3.8) is 0 Å². The second kappa shape index (κ2) is 3.28. The molecule has 2 unspecified atom stereocenters. The van der Waals surface area contributed by atoms with Crippen LogP contribution in [0.2, 0.25) is 0 Å². The molecule has 2 rings (SSSR count). The highest BCUT2D eigenvalue weighted by atomic mass is 31.2. The van der Waals surface area contributed by atoms with Gasteiger partial charge >= 0.3 is 0 Å². The zero-order chi connectivity index (χ0) is 9.31. The molecule has 0 bridgehead atoms. The molecule has 1 fully saturated rings. The maximum absolute atomic E-state index is 11.4. The molecule has 70 valence electrons. The number of hydrogen-bond donors (Lipinski definition) is 1. The van der Waals surface area contributed by atoms with Gasteiger partial charge in [0.15, 0.2) is 0 Å². The highest BCUT2D eigenvalue weighted by Gasteiger charge is 2.32. The molecule has 1 aromatic rings. The molecular weight excluding hydrogens is 183 g/mol. The molecule has 2 nitrogen and oxygen atoms in total. The highest BCUT2D eigenvalue weighted by Crippen LogP contribution is 2.53.